The molecule has 6 nitrogen and oxygen atoms in total. The third-order valence-corrected chi connectivity index (χ3v) is 4.05. The van der Waals surface area contributed by atoms with Crippen LogP contribution in [0.3, 0.4) is 0 Å². The fraction of sp³-hybridized carbons (Fsp3) is 0.235. The third kappa shape index (κ3) is 5.51. The molecule has 0 bridgehead atoms. The van der Waals surface area contributed by atoms with E-state index < -0.39 is 11.9 Å². The second kappa shape index (κ2) is 8.83. The predicted molar refractivity (Wildman–Crippen MR) is 90.6 cm³/mol. The van der Waals surface area contributed by atoms with Crippen molar-refractivity contribution < 1.29 is 19.1 Å². The Labute approximate surface area is 143 Å². The van der Waals surface area contributed by atoms with Crippen molar-refractivity contribution in [1.82, 2.24) is 10.6 Å². The van der Waals surface area contributed by atoms with E-state index in [1.165, 1.54) is 11.3 Å². The first-order valence-corrected chi connectivity index (χ1v) is 8.26. The summed E-state index contributed by atoms with van der Waals surface area (Å²) >= 11 is 1.28. The zero-order valence-electron chi connectivity index (χ0n) is 13.2. The quantitative estimate of drug-likeness (QED) is 0.750. The van der Waals surface area contributed by atoms with Crippen LogP contribution >= 0.6 is 11.3 Å². The molecule has 0 radical (unpaired) electrons. The molecule has 0 aliphatic carbocycles. The highest BCUT2D eigenvalue weighted by atomic mass is 32.1. The van der Waals surface area contributed by atoms with Crippen LogP contribution in [0.5, 0.6) is 0 Å². The molecular weight excluding hydrogens is 328 g/mol. The Morgan fingerprint density at radius 2 is 1.88 bits per heavy atom. The summed E-state index contributed by atoms with van der Waals surface area (Å²) in [5.74, 6) is -1.41. The molecule has 0 fully saturated rings. The lowest BCUT2D eigenvalue weighted by molar-refractivity contribution is -0.147. The summed E-state index contributed by atoms with van der Waals surface area (Å²) in [7, 11) is 0. The van der Waals surface area contributed by atoms with Gasteiger partial charge in [0.1, 0.15) is 6.54 Å². The van der Waals surface area contributed by atoms with E-state index in [-0.39, 0.29) is 25.1 Å². The van der Waals surface area contributed by atoms with Gasteiger partial charge in [0.2, 0.25) is 0 Å². The molecule has 1 aromatic heterocycles. The lowest BCUT2D eigenvalue weighted by atomic mass is 10.1. The standard InChI is InChI=1S/C17H18N2O4S/c1-12(13-6-3-2-4-7-13)19-15(20)11-23-16(21)10-18-17(22)14-8-5-9-24-14/h2-9,12H,10-11H2,1H3,(H,18,22)(H,19,20)/t12-/m1/s1. The molecule has 2 rings (SSSR count). The first-order chi connectivity index (χ1) is 11.6. The number of carbonyl (C=O) groups is 3. The minimum atomic E-state index is -0.664. The molecule has 0 unspecified atom stereocenters. The fourth-order valence-corrected chi connectivity index (χ4v) is 2.59. The molecular formula is C17H18N2O4S. The second-order valence-electron chi connectivity index (χ2n) is 5.02. The molecule has 2 N–H and O–H groups in total. The van der Waals surface area contributed by atoms with Gasteiger partial charge in [0.15, 0.2) is 6.61 Å². The Balaban J connectivity index is 1.67. The second-order valence-corrected chi connectivity index (χ2v) is 5.97. The Morgan fingerprint density at radius 3 is 2.54 bits per heavy atom. The molecule has 1 heterocycles. The van der Waals surface area contributed by atoms with Gasteiger partial charge in [0, 0.05) is 0 Å². The van der Waals surface area contributed by atoms with E-state index in [4.69, 9.17) is 4.74 Å². The van der Waals surface area contributed by atoms with Crippen LogP contribution in [0.1, 0.15) is 28.2 Å². The molecule has 0 aliphatic heterocycles. The number of esters is 1. The van der Waals surface area contributed by atoms with Crippen molar-refractivity contribution in [3.63, 3.8) is 0 Å². The van der Waals surface area contributed by atoms with Crippen LogP contribution in [0.15, 0.2) is 47.8 Å². The van der Waals surface area contributed by atoms with Crippen molar-refractivity contribution in [3.8, 4) is 0 Å². The largest absolute Gasteiger partial charge is 0.454 e. The van der Waals surface area contributed by atoms with E-state index in [9.17, 15) is 14.4 Å². The van der Waals surface area contributed by atoms with Gasteiger partial charge in [-0.2, -0.15) is 0 Å². The molecule has 0 aliphatic rings. The Kier molecular flexibility index (Phi) is 6.51. The summed E-state index contributed by atoms with van der Waals surface area (Å²) < 4.78 is 4.85. The average Bonchev–Trinajstić information content (AvgIpc) is 3.13. The monoisotopic (exact) mass is 346 g/mol. The van der Waals surface area contributed by atoms with Gasteiger partial charge >= 0.3 is 5.97 Å². The van der Waals surface area contributed by atoms with Crippen molar-refractivity contribution >= 4 is 29.1 Å². The van der Waals surface area contributed by atoms with Crippen LogP contribution in [-0.4, -0.2) is 30.9 Å². The number of amides is 2. The van der Waals surface area contributed by atoms with E-state index in [1.807, 2.05) is 37.3 Å². The van der Waals surface area contributed by atoms with Crippen LogP contribution in [0, 0.1) is 0 Å². The van der Waals surface area contributed by atoms with Gasteiger partial charge in [-0.05, 0) is 23.9 Å². The van der Waals surface area contributed by atoms with Gasteiger partial charge < -0.3 is 15.4 Å². The van der Waals surface area contributed by atoms with Crippen molar-refractivity contribution in [2.75, 3.05) is 13.2 Å². The highest BCUT2D eigenvalue weighted by Crippen LogP contribution is 2.10. The van der Waals surface area contributed by atoms with Gasteiger partial charge in [-0.1, -0.05) is 36.4 Å². The number of nitrogens with one attached hydrogen (secondary N) is 2. The molecule has 0 saturated carbocycles. The fourth-order valence-electron chi connectivity index (χ4n) is 1.95. The Morgan fingerprint density at radius 1 is 1.12 bits per heavy atom. The summed E-state index contributed by atoms with van der Waals surface area (Å²) in [6.07, 6.45) is 0. The summed E-state index contributed by atoms with van der Waals surface area (Å²) in [4.78, 5) is 35.5. The van der Waals surface area contributed by atoms with E-state index in [0.29, 0.717) is 4.88 Å². The van der Waals surface area contributed by atoms with Gasteiger partial charge in [-0.25, -0.2) is 0 Å². The van der Waals surface area contributed by atoms with Gasteiger partial charge in [0.05, 0.1) is 10.9 Å². The van der Waals surface area contributed by atoms with Gasteiger partial charge in [0.25, 0.3) is 11.8 Å². The average molecular weight is 346 g/mol. The van der Waals surface area contributed by atoms with Crippen LogP contribution in [0.2, 0.25) is 0 Å². The van der Waals surface area contributed by atoms with E-state index in [0.717, 1.165) is 5.56 Å². The number of hydrogen-bond acceptors (Lipinski definition) is 5. The van der Waals surface area contributed by atoms with E-state index in [1.54, 1.807) is 17.5 Å². The maximum Gasteiger partial charge on any atom is 0.325 e. The summed E-state index contributed by atoms with van der Waals surface area (Å²) in [6, 6.07) is 12.7. The van der Waals surface area contributed by atoms with Crippen molar-refractivity contribution in [3.05, 3.63) is 58.3 Å². The molecule has 1 atom stereocenters. The number of ether oxygens (including phenoxy) is 1. The normalized spacial score (nSPS) is 11.4. The highest BCUT2D eigenvalue weighted by Gasteiger charge is 2.13. The predicted octanol–water partition coefficient (Wildman–Crippen LogP) is 1.90. The first kappa shape index (κ1) is 17.7. The zero-order chi connectivity index (χ0) is 17.4. The van der Waals surface area contributed by atoms with Gasteiger partial charge in [-0.15, -0.1) is 11.3 Å². The summed E-state index contributed by atoms with van der Waals surface area (Å²) in [5, 5.41) is 6.95. The smallest absolute Gasteiger partial charge is 0.325 e. The molecule has 7 heteroatoms. The van der Waals surface area contributed by atoms with Gasteiger partial charge in [-0.3, -0.25) is 14.4 Å². The number of thiophene rings is 1. The van der Waals surface area contributed by atoms with Crippen LogP contribution in [-0.2, 0) is 14.3 Å². The lowest BCUT2D eigenvalue weighted by Gasteiger charge is -2.14. The molecule has 0 saturated heterocycles. The number of benzene rings is 1. The first-order valence-electron chi connectivity index (χ1n) is 7.38. The number of rotatable bonds is 7. The Hall–Kier alpha value is -2.67. The van der Waals surface area contributed by atoms with Crippen molar-refractivity contribution in [2.45, 2.75) is 13.0 Å². The van der Waals surface area contributed by atoms with E-state index >= 15 is 0 Å². The molecule has 126 valence electrons. The molecule has 0 spiro atoms. The van der Waals surface area contributed by atoms with Crippen LogP contribution < -0.4 is 10.6 Å². The minimum absolute atomic E-state index is 0.184. The molecule has 24 heavy (non-hydrogen) atoms. The third-order valence-electron chi connectivity index (χ3n) is 3.18. The van der Waals surface area contributed by atoms with Crippen molar-refractivity contribution in [2.24, 2.45) is 0 Å². The number of carbonyl (C=O) groups excluding carboxylic acids is 3. The van der Waals surface area contributed by atoms with Crippen LogP contribution in [0.4, 0.5) is 0 Å². The SMILES string of the molecule is C[C@@H](NC(=O)COC(=O)CNC(=O)c1cccs1)c1ccccc1. The minimum Gasteiger partial charge on any atom is -0.454 e. The maximum atomic E-state index is 11.8. The summed E-state index contributed by atoms with van der Waals surface area (Å²) in [6.45, 7) is 1.18. The molecule has 2 amide bonds. The summed E-state index contributed by atoms with van der Waals surface area (Å²) in [5.41, 5.74) is 0.959. The lowest BCUT2D eigenvalue weighted by Crippen LogP contribution is -2.34. The van der Waals surface area contributed by atoms with E-state index in [2.05, 4.69) is 10.6 Å². The Bertz CT molecular complexity index is 686. The zero-order valence-corrected chi connectivity index (χ0v) is 14.0. The number of hydrogen-bond donors (Lipinski definition) is 2. The maximum absolute atomic E-state index is 11.8. The highest BCUT2D eigenvalue weighted by molar-refractivity contribution is 7.12. The molecule has 2 aromatic rings. The van der Waals surface area contributed by atoms with Crippen molar-refractivity contribution in [1.29, 1.82) is 0 Å². The molecule has 1 aromatic carbocycles. The topological polar surface area (TPSA) is 84.5 Å². The van der Waals surface area contributed by atoms with Crippen LogP contribution in [0.25, 0.3) is 0 Å².